The third kappa shape index (κ3) is 9.92. The molecule has 2 nitrogen and oxygen atoms in total. The van der Waals surface area contributed by atoms with Crippen LogP contribution in [0.1, 0.15) is 33.1 Å². The van der Waals surface area contributed by atoms with Crippen LogP contribution in [0.15, 0.2) is 0 Å². The lowest BCUT2D eigenvalue weighted by Crippen LogP contribution is -2.23. The molecule has 11 heavy (non-hydrogen) atoms. The van der Waals surface area contributed by atoms with Crippen molar-refractivity contribution in [3.05, 3.63) is 0 Å². The number of hydrogen-bond donors (Lipinski definition) is 2. The van der Waals surface area contributed by atoms with Gasteiger partial charge in [0.05, 0.1) is 0 Å². The van der Waals surface area contributed by atoms with Gasteiger partial charge in [-0.15, -0.1) is 0 Å². The van der Waals surface area contributed by atoms with Crippen molar-refractivity contribution in [2.75, 3.05) is 20.1 Å². The van der Waals surface area contributed by atoms with E-state index < -0.39 is 0 Å². The number of nitrogens with one attached hydrogen (secondary N) is 2. The Hall–Kier alpha value is -0.0800. The summed E-state index contributed by atoms with van der Waals surface area (Å²) in [6.07, 6.45) is 3.94. The molecule has 0 aromatic carbocycles. The van der Waals surface area contributed by atoms with E-state index in [-0.39, 0.29) is 0 Å². The number of rotatable bonds is 7. The van der Waals surface area contributed by atoms with Gasteiger partial charge in [0, 0.05) is 6.04 Å². The first-order chi connectivity index (χ1) is 5.27. The first-order valence-corrected chi connectivity index (χ1v) is 4.65. The van der Waals surface area contributed by atoms with Gasteiger partial charge in [-0.2, -0.15) is 0 Å². The average molecular weight is 158 g/mol. The van der Waals surface area contributed by atoms with E-state index in [9.17, 15) is 0 Å². The van der Waals surface area contributed by atoms with Gasteiger partial charge in [0.25, 0.3) is 0 Å². The first-order valence-electron chi connectivity index (χ1n) is 4.65. The van der Waals surface area contributed by atoms with Crippen LogP contribution in [0.5, 0.6) is 0 Å². The summed E-state index contributed by atoms with van der Waals surface area (Å²) in [4.78, 5) is 0. The van der Waals surface area contributed by atoms with Gasteiger partial charge in [-0.05, 0) is 33.0 Å². The van der Waals surface area contributed by atoms with E-state index in [1.54, 1.807) is 0 Å². The normalized spacial score (nSPS) is 10.9. The zero-order chi connectivity index (χ0) is 8.53. The second-order valence-corrected chi connectivity index (χ2v) is 3.27. The fraction of sp³-hybridized carbons (Fsp3) is 1.00. The second kappa shape index (κ2) is 8.02. The standard InChI is InChI=1S/C9H22N2/c1-9(2)11-8-6-4-5-7-10-3/h9-11H,4-8H2,1-3H3. The van der Waals surface area contributed by atoms with Gasteiger partial charge in [0.2, 0.25) is 0 Å². The summed E-state index contributed by atoms with van der Waals surface area (Å²) in [6.45, 7) is 6.70. The Morgan fingerprint density at radius 3 is 2.18 bits per heavy atom. The van der Waals surface area contributed by atoms with E-state index in [4.69, 9.17) is 0 Å². The monoisotopic (exact) mass is 158 g/mol. The average Bonchev–Trinajstić information content (AvgIpc) is 1.96. The van der Waals surface area contributed by atoms with Gasteiger partial charge in [-0.1, -0.05) is 20.3 Å². The molecule has 0 rings (SSSR count). The topological polar surface area (TPSA) is 24.1 Å². The highest BCUT2D eigenvalue weighted by atomic mass is 14.9. The summed E-state index contributed by atoms with van der Waals surface area (Å²) in [6, 6.07) is 0.638. The summed E-state index contributed by atoms with van der Waals surface area (Å²) in [5.74, 6) is 0. The van der Waals surface area contributed by atoms with E-state index >= 15 is 0 Å². The molecule has 0 aliphatic heterocycles. The van der Waals surface area contributed by atoms with Crippen molar-refractivity contribution >= 4 is 0 Å². The Balaban J connectivity index is 2.80. The van der Waals surface area contributed by atoms with Crippen molar-refractivity contribution in [3.8, 4) is 0 Å². The highest BCUT2D eigenvalue weighted by molar-refractivity contribution is 4.53. The molecule has 0 unspecified atom stereocenters. The summed E-state index contributed by atoms with van der Waals surface area (Å²) in [5.41, 5.74) is 0. The molecule has 0 aromatic heterocycles. The third-order valence-electron chi connectivity index (χ3n) is 1.66. The van der Waals surface area contributed by atoms with Crippen LogP contribution in [0.2, 0.25) is 0 Å². The molecule has 2 N–H and O–H groups in total. The Kier molecular flexibility index (Phi) is 7.96. The lowest BCUT2D eigenvalue weighted by atomic mass is 10.2. The molecular formula is C9H22N2. The molecule has 0 spiro atoms. The first kappa shape index (κ1) is 10.9. The Bertz CT molecular complexity index is 72.0. The Morgan fingerprint density at radius 2 is 1.64 bits per heavy atom. The maximum Gasteiger partial charge on any atom is 0.00103 e. The summed E-state index contributed by atoms with van der Waals surface area (Å²) in [5, 5.41) is 6.55. The number of hydrogen-bond acceptors (Lipinski definition) is 2. The molecule has 0 aliphatic carbocycles. The summed E-state index contributed by atoms with van der Waals surface area (Å²) in [7, 11) is 2.01. The molecule has 0 bridgehead atoms. The zero-order valence-electron chi connectivity index (χ0n) is 8.11. The van der Waals surface area contributed by atoms with E-state index in [0.29, 0.717) is 6.04 Å². The fourth-order valence-electron chi connectivity index (χ4n) is 0.994. The Labute approximate surface area is 70.8 Å². The van der Waals surface area contributed by atoms with Crippen LogP contribution < -0.4 is 10.6 Å². The van der Waals surface area contributed by atoms with Crippen molar-refractivity contribution in [1.82, 2.24) is 10.6 Å². The van der Waals surface area contributed by atoms with Gasteiger partial charge in [-0.3, -0.25) is 0 Å². The maximum atomic E-state index is 3.40. The molecule has 0 aromatic rings. The van der Waals surface area contributed by atoms with Gasteiger partial charge < -0.3 is 10.6 Å². The largest absolute Gasteiger partial charge is 0.320 e. The molecule has 0 heterocycles. The highest BCUT2D eigenvalue weighted by Gasteiger charge is 1.91. The van der Waals surface area contributed by atoms with Crippen LogP contribution >= 0.6 is 0 Å². The zero-order valence-corrected chi connectivity index (χ0v) is 8.11. The van der Waals surface area contributed by atoms with E-state index in [2.05, 4.69) is 24.5 Å². The molecule has 0 atom stereocenters. The lowest BCUT2D eigenvalue weighted by molar-refractivity contribution is 0.544. The van der Waals surface area contributed by atoms with Crippen molar-refractivity contribution in [2.24, 2.45) is 0 Å². The van der Waals surface area contributed by atoms with Crippen LogP contribution in [-0.2, 0) is 0 Å². The predicted octanol–water partition coefficient (Wildman–Crippen LogP) is 1.37. The van der Waals surface area contributed by atoms with E-state index in [1.165, 1.54) is 25.8 Å². The molecule has 0 fully saturated rings. The Morgan fingerprint density at radius 1 is 1.00 bits per heavy atom. The van der Waals surface area contributed by atoms with E-state index in [1.807, 2.05) is 7.05 Å². The van der Waals surface area contributed by atoms with E-state index in [0.717, 1.165) is 6.54 Å². The highest BCUT2D eigenvalue weighted by Crippen LogP contribution is 1.92. The van der Waals surface area contributed by atoms with Crippen molar-refractivity contribution in [1.29, 1.82) is 0 Å². The molecule has 0 aliphatic rings. The number of unbranched alkanes of at least 4 members (excludes halogenated alkanes) is 2. The molecule has 68 valence electrons. The molecule has 0 radical (unpaired) electrons. The molecule has 0 amide bonds. The third-order valence-corrected chi connectivity index (χ3v) is 1.66. The quantitative estimate of drug-likeness (QED) is 0.547. The summed E-state index contributed by atoms with van der Waals surface area (Å²) >= 11 is 0. The fourth-order valence-corrected chi connectivity index (χ4v) is 0.994. The van der Waals surface area contributed by atoms with Crippen LogP contribution in [0, 0.1) is 0 Å². The minimum Gasteiger partial charge on any atom is -0.320 e. The minimum atomic E-state index is 0.638. The van der Waals surface area contributed by atoms with Gasteiger partial charge >= 0.3 is 0 Å². The second-order valence-electron chi connectivity index (χ2n) is 3.27. The summed E-state index contributed by atoms with van der Waals surface area (Å²) < 4.78 is 0. The van der Waals surface area contributed by atoms with Crippen molar-refractivity contribution in [3.63, 3.8) is 0 Å². The smallest absolute Gasteiger partial charge is 0.00103 e. The van der Waals surface area contributed by atoms with Crippen LogP contribution in [0.4, 0.5) is 0 Å². The molecule has 0 saturated carbocycles. The van der Waals surface area contributed by atoms with Crippen molar-refractivity contribution < 1.29 is 0 Å². The van der Waals surface area contributed by atoms with Crippen molar-refractivity contribution in [2.45, 2.75) is 39.2 Å². The van der Waals surface area contributed by atoms with Crippen LogP contribution in [-0.4, -0.2) is 26.2 Å². The predicted molar refractivity (Wildman–Crippen MR) is 50.9 cm³/mol. The molecular weight excluding hydrogens is 136 g/mol. The van der Waals surface area contributed by atoms with Crippen LogP contribution in [0.3, 0.4) is 0 Å². The maximum absolute atomic E-state index is 3.40. The minimum absolute atomic E-state index is 0.638. The van der Waals surface area contributed by atoms with Gasteiger partial charge in [0.1, 0.15) is 0 Å². The molecule has 2 heteroatoms. The van der Waals surface area contributed by atoms with Gasteiger partial charge in [0.15, 0.2) is 0 Å². The van der Waals surface area contributed by atoms with Gasteiger partial charge in [-0.25, -0.2) is 0 Å². The SMILES string of the molecule is CNCCCCCNC(C)C. The lowest BCUT2D eigenvalue weighted by Gasteiger charge is -2.06. The molecule has 0 saturated heterocycles. The van der Waals surface area contributed by atoms with Crippen LogP contribution in [0.25, 0.3) is 0 Å².